The largest absolute Gasteiger partial charge is 0.346 e. The van der Waals surface area contributed by atoms with Gasteiger partial charge in [-0.3, -0.25) is 4.79 Å². The number of thiazole rings is 1. The van der Waals surface area contributed by atoms with Gasteiger partial charge in [0, 0.05) is 28.5 Å². The van der Waals surface area contributed by atoms with E-state index in [0.717, 1.165) is 16.4 Å². The molecule has 0 unspecified atom stereocenters. The van der Waals surface area contributed by atoms with Crippen molar-refractivity contribution in [3.63, 3.8) is 0 Å². The second-order valence-corrected chi connectivity index (χ2v) is 6.36. The molecule has 1 N–H and O–H groups in total. The van der Waals surface area contributed by atoms with Crippen LogP contribution >= 0.6 is 11.3 Å². The summed E-state index contributed by atoms with van der Waals surface area (Å²) in [4.78, 5) is 17.8. The minimum Gasteiger partial charge on any atom is -0.346 e. The number of nitrogens with zero attached hydrogens (tertiary/aromatic N) is 2. The van der Waals surface area contributed by atoms with Gasteiger partial charge in [0.25, 0.3) is 5.91 Å². The quantitative estimate of drug-likeness (QED) is 0.802. The van der Waals surface area contributed by atoms with Crippen LogP contribution in [0, 0.1) is 13.8 Å². The summed E-state index contributed by atoms with van der Waals surface area (Å²) in [5.41, 5.74) is 2.72. The number of nitrogens with one attached hydrogen (secondary N) is 1. The average Bonchev–Trinajstić information content (AvgIpc) is 3.16. The van der Waals surface area contributed by atoms with Gasteiger partial charge < -0.3 is 9.88 Å². The van der Waals surface area contributed by atoms with E-state index in [9.17, 15) is 4.79 Å². The number of carbonyl (C=O) groups excluding carboxylic acids is 1. The zero-order chi connectivity index (χ0) is 15.5. The molecule has 2 heterocycles. The average molecular weight is 311 g/mol. The van der Waals surface area contributed by atoms with Crippen LogP contribution in [0.1, 0.15) is 25.9 Å². The van der Waals surface area contributed by atoms with Crippen LogP contribution in [-0.2, 0) is 6.54 Å². The monoisotopic (exact) mass is 311 g/mol. The Balaban J connectivity index is 1.65. The molecule has 5 heteroatoms. The highest BCUT2D eigenvalue weighted by atomic mass is 32.1. The summed E-state index contributed by atoms with van der Waals surface area (Å²) < 4.78 is 2.00. The molecule has 2 aromatic heterocycles. The summed E-state index contributed by atoms with van der Waals surface area (Å²) in [6.07, 6.45) is 3.95. The van der Waals surface area contributed by atoms with Gasteiger partial charge in [0.05, 0.1) is 12.2 Å². The predicted octanol–water partition coefficient (Wildman–Crippen LogP) is 3.48. The van der Waals surface area contributed by atoms with Gasteiger partial charge in [-0.25, -0.2) is 4.98 Å². The third kappa shape index (κ3) is 3.09. The summed E-state index contributed by atoms with van der Waals surface area (Å²) in [6.45, 7) is 4.49. The normalized spacial score (nSPS) is 10.6. The van der Waals surface area contributed by atoms with Crippen LogP contribution in [0.2, 0.25) is 0 Å². The first kappa shape index (κ1) is 14.5. The standard InChI is InChI=1S/C17H17N3OS/c1-12-13(2)22-16(19-12)11-18-17(21)14-5-7-15(8-6-14)20-9-3-4-10-20/h3-10H,11H2,1-2H3,(H,18,21). The molecule has 0 atom stereocenters. The molecule has 0 aliphatic heterocycles. The highest BCUT2D eigenvalue weighted by Crippen LogP contribution is 2.16. The summed E-state index contributed by atoms with van der Waals surface area (Å²) in [5, 5.41) is 3.85. The van der Waals surface area contributed by atoms with Crippen molar-refractivity contribution in [1.29, 1.82) is 0 Å². The number of aryl methyl sites for hydroxylation is 2. The highest BCUT2D eigenvalue weighted by Gasteiger charge is 2.08. The van der Waals surface area contributed by atoms with E-state index < -0.39 is 0 Å². The smallest absolute Gasteiger partial charge is 0.251 e. The Morgan fingerprint density at radius 2 is 1.86 bits per heavy atom. The third-order valence-electron chi connectivity index (χ3n) is 3.51. The molecule has 1 aromatic carbocycles. The van der Waals surface area contributed by atoms with Gasteiger partial charge in [0.15, 0.2) is 0 Å². The Morgan fingerprint density at radius 3 is 2.45 bits per heavy atom. The van der Waals surface area contributed by atoms with Crippen LogP contribution in [0.15, 0.2) is 48.8 Å². The lowest BCUT2D eigenvalue weighted by Crippen LogP contribution is -2.22. The number of hydrogen-bond acceptors (Lipinski definition) is 3. The van der Waals surface area contributed by atoms with Gasteiger partial charge in [-0.05, 0) is 50.2 Å². The number of carbonyl (C=O) groups is 1. The molecule has 4 nitrogen and oxygen atoms in total. The van der Waals surface area contributed by atoms with Crippen molar-refractivity contribution in [2.75, 3.05) is 0 Å². The minimum atomic E-state index is -0.0791. The Morgan fingerprint density at radius 1 is 1.18 bits per heavy atom. The molecule has 1 amide bonds. The molecule has 0 saturated carbocycles. The summed E-state index contributed by atoms with van der Waals surface area (Å²) >= 11 is 1.62. The Bertz CT molecular complexity index is 753. The van der Waals surface area contributed by atoms with Crippen molar-refractivity contribution >= 4 is 17.2 Å². The maximum absolute atomic E-state index is 12.2. The van der Waals surface area contributed by atoms with Crippen molar-refractivity contribution in [3.8, 4) is 5.69 Å². The minimum absolute atomic E-state index is 0.0791. The fraction of sp³-hybridized carbons (Fsp3) is 0.176. The Labute approximate surface area is 133 Å². The van der Waals surface area contributed by atoms with E-state index in [2.05, 4.69) is 10.3 Å². The van der Waals surface area contributed by atoms with Gasteiger partial charge in [-0.2, -0.15) is 0 Å². The van der Waals surface area contributed by atoms with Crippen molar-refractivity contribution in [2.24, 2.45) is 0 Å². The zero-order valence-corrected chi connectivity index (χ0v) is 13.4. The first-order chi connectivity index (χ1) is 10.6. The number of amides is 1. The van der Waals surface area contributed by atoms with Gasteiger partial charge >= 0.3 is 0 Å². The lowest BCUT2D eigenvalue weighted by atomic mass is 10.2. The van der Waals surface area contributed by atoms with Crippen LogP contribution < -0.4 is 5.32 Å². The second-order valence-electron chi connectivity index (χ2n) is 5.07. The molecule has 3 rings (SSSR count). The van der Waals surface area contributed by atoms with E-state index in [1.165, 1.54) is 4.88 Å². The maximum Gasteiger partial charge on any atom is 0.251 e. The summed E-state index contributed by atoms with van der Waals surface area (Å²) in [5.74, 6) is -0.0791. The van der Waals surface area contributed by atoms with Gasteiger partial charge in [0.2, 0.25) is 0 Å². The van der Waals surface area contributed by atoms with Crippen LogP contribution in [-0.4, -0.2) is 15.5 Å². The molecule has 0 radical (unpaired) electrons. The third-order valence-corrected chi connectivity index (χ3v) is 4.58. The lowest BCUT2D eigenvalue weighted by molar-refractivity contribution is 0.0951. The topological polar surface area (TPSA) is 46.9 Å². The van der Waals surface area contributed by atoms with Crippen molar-refractivity contribution in [3.05, 3.63) is 69.9 Å². The molecule has 0 bridgehead atoms. The fourth-order valence-corrected chi connectivity index (χ4v) is 3.04. The predicted molar refractivity (Wildman–Crippen MR) is 88.5 cm³/mol. The van der Waals surface area contributed by atoms with Crippen molar-refractivity contribution in [2.45, 2.75) is 20.4 Å². The van der Waals surface area contributed by atoms with Crippen molar-refractivity contribution in [1.82, 2.24) is 14.9 Å². The molecule has 0 saturated heterocycles. The maximum atomic E-state index is 12.2. The molecule has 112 valence electrons. The molecule has 0 spiro atoms. The zero-order valence-electron chi connectivity index (χ0n) is 12.5. The van der Waals surface area contributed by atoms with Crippen LogP contribution in [0.25, 0.3) is 5.69 Å². The van der Waals surface area contributed by atoms with Crippen molar-refractivity contribution < 1.29 is 4.79 Å². The fourth-order valence-electron chi connectivity index (χ4n) is 2.16. The van der Waals surface area contributed by atoms with Crippen LogP contribution in [0.5, 0.6) is 0 Å². The number of rotatable bonds is 4. The summed E-state index contributed by atoms with van der Waals surface area (Å²) in [6, 6.07) is 11.5. The number of benzene rings is 1. The van der Waals surface area contributed by atoms with E-state index in [1.807, 2.05) is 67.2 Å². The van der Waals surface area contributed by atoms with E-state index in [4.69, 9.17) is 0 Å². The van der Waals surface area contributed by atoms with E-state index in [0.29, 0.717) is 12.1 Å². The molecule has 22 heavy (non-hydrogen) atoms. The first-order valence-electron chi connectivity index (χ1n) is 7.08. The highest BCUT2D eigenvalue weighted by molar-refractivity contribution is 7.11. The Hall–Kier alpha value is -2.40. The molecule has 0 aliphatic rings. The lowest BCUT2D eigenvalue weighted by Gasteiger charge is -2.06. The Kier molecular flexibility index (Phi) is 4.06. The molecular formula is C17H17N3OS. The van der Waals surface area contributed by atoms with Crippen LogP contribution in [0.4, 0.5) is 0 Å². The first-order valence-corrected chi connectivity index (χ1v) is 7.89. The number of hydrogen-bond donors (Lipinski definition) is 1. The van der Waals surface area contributed by atoms with Gasteiger partial charge in [0.1, 0.15) is 5.01 Å². The SMILES string of the molecule is Cc1nc(CNC(=O)c2ccc(-n3cccc3)cc2)sc1C. The number of aromatic nitrogens is 2. The van der Waals surface area contributed by atoms with E-state index in [1.54, 1.807) is 11.3 Å². The van der Waals surface area contributed by atoms with Gasteiger partial charge in [-0.15, -0.1) is 11.3 Å². The van der Waals surface area contributed by atoms with Crippen LogP contribution in [0.3, 0.4) is 0 Å². The molecule has 0 aliphatic carbocycles. The summed E-state index contributed by atoms with van der Waals surface area (Å²) in [7, 11) is 0. The van der Waals surface area contributed by atoms with Gasteiger partial charge in [-0.1, -0.05) is 0 Å². The molecule has 3 aromatic rings. The van der Waals surface area contributed by atoms with E-state index in [-0.39, 0.29) is 5.91 Å². The molecule has 0 fully saturated rings. The second kappa shape index (κ2) is 6.15. The molecular weight excluding hydrogens is 294 g/mol. The van der Waals surface area contributed by atoms with E-state index >= 15 is 0 Å².